The summed E-state index contributed by atoms with van der Waals surface area (Å²) in [4.78, 5) is 65.7. The number of rotatable bonds is 9. The molecule has 2 saturated heterocycles. The predicted molar refractivity (Wildman–Crippen MR) is 235 cm³/mol. The van der Waals surface area contributed by atoms with Crippen LogP contribution in [0.25, 0.3) is 10.9 Å². The Hall–Kier alpha value is -4.48. The summed E-state index contributed by atoms with van der Waals surface area (Å²) in [6.45, 7) is 14.0. The topological polar surface area (TPSA) is 195 Å². The van der Waals surface area contributed by atoms with Crippen molar-refractivity contribution in [3.63, 3.8) is 0 Å². The summed E-state index contributed by atoms with van der Waals surface area (Å²) >= 11 is 0. The van der Waals surface area contributed by atoms with Crippen molar-refractivity contribution < 1.29 is 46.5 Å². The van der Waals surface area contributed by atoms with Crippen molar-refractivity contribution >= 4 is 44.7 Å². The van der Waals surface area contributed by atoms with Gasteiger partial charge in [-0.15, -0.1) is 0 Å². The third-order valence-corrected chi connectivity index (χ3v) is 15.8. The molecule has 2 saturated carbocycles. The Kier molecular flexibility index (Phi) is 12.5. The van der Waals surface area contributed by atoms with Crippen molar-refractivity contribution in [1.29, 1.82) is 0 Å². The molecule has 17 heteroatoms. The van der Waals surface area contributed by atoms with Crippen LogP contribution in [0.4, 0.5) is 4.79 Å². The first-order valence-electron chi connectivity index (χ1n) is 22.7. The molecule has 16 nitrogen and oxygen atoms in total. The van der Waals surface area contributed by atoms with Gasteiger partial charge in [-0.25, -0.2) is 18.2 Å². The van der Waals surface area contributed by atoms with Crippen molar-refractivity contribution in [3.8, 4) is 11.5 Å². The van der Waals surface area contributed by atoms with Gasteiger partial charge < -0.3 is 34.5 Å². The number of carbonyl (C=O) groups excluding carboxylic acids is 4. The molecule has 8 rings (SSSR count). The molecule has 3 N–H and O–H groups in total. The molecule has 4 amide bonds. The molecule has 4 aliphatic heterocycles. The summed E-state index contributed by atoms with van der Waals surface area (Å²) in [5.41, 5.74) is -0.384. The molecule has 0 unspecified atom stereocenters. The van der Waals surface area contributed by atoms with E-state index in [0.717, 1.165) is 67.9 Å². The summed E-state index contributed by atoms with van der Waals surface area (Å²) in [7, 11) is -4.00. The van der Waals surface area contributed by atoms with E-state index in [1.807, 2.05) is 58.0 Å². The Bertz CT molecular complexity index is 2250. The zero-order valence-electron chi connectivity index (χ0n) is 37.4. The minimum absolute atomic E-state index is 0.0377. The number of alkyl carbamates (subject to hydrolysis) is 1. The van der Waals surface area contributed by atoms with E-state index < -0.39 is 67.7 Å². The zero-order valence-corrected chi connectivity index (χ0v) is 38.2. The lowest BCUT2D eigenvalue weighted by Gasteiger charge is -2.36. The van der Waals surface area contributed by atoms with Crippen LogP contribution in [0, 0.1) is 18.3 Å². The highest BCUT2D eigenvalue weighted by molar-refractivity contribution is 7.91. The third kappa shape index (κ3) is 9.80. The van der Waals surface area contributed by atoms with Crippen LogP contribution in [0.3, 0.4) is 0 Å². The molecule has 5 heterocycles. The van der Waals surface area contributed by atoms with Crippen LogP contribution in [0.5, 0.6) is 11.5 Å². The van der Waals surface area contributed by atoms with E-state index in [0.29, 0.717) is 63.0 Å². The molecular weight excluding hydrogens is 829 g/mol. The maximum atomic E-state index is 14.9. The number of allylic oxidation sites excluding steroid dienone is 1. The Balaban J connectivity index is 1.08. The van der Waals surface area contributed by atoms with Crippen molar-refractivity contribution in [2.24, 2.45) is 11.3 Å². The second-order valence-electron chi connectivity index (χ2n) is 20.0. The van der Waals surface area contributed by atoms with Crippen LogP contribution >= 0.6 is 0 Å². The number of aryl methyl sites for hydroxylation is 2. The number of hydrogen-bond acceptors (Lipinski definition) is 12. The maximum Gasteiger partial charge on any atom is 0.407 e. The summed E-state index contributed by atoms with van der Waals surface area (Å²) in [5, 5.41) is 6.70. The van der Waals surface area contributed by atoms with Crippen LogP contribution in [-0.2, 0) is 40.3 Å². The van der Waals surface area contributed by atoms with E-state index in [-0.39, 0.29) is 31.4 Å². The number of sulfonamides is 1. The van der Waals surface area contributed by atoms with Gasteiger partial charge in [0.1, 0.15) is 41.3 Å². The van der Waals surface area contributed by atoms with Crippen LogP contribution in [-0.4, -0.2) is 128 Å². The van der Waals surface area contributed by atoms with Gasteiger partial charge in [0, 0.05) is 42.9 Å². The first-order chi connectivity index (χ1) is 29.9. The number of nitrogens with one attached hydrogen (secondary N) is 3. The molecule has 0 radical (unpaired) electrons. The molecule has 2 aliphatic carbocycles. The van der Waals surface area contributed by atoms with Gasteiger partial charge >= 0.3 is 6.09 Å². The fourth-order valence-corrected chi connectivity index (χ4v) is 10.7. The minimum atomic E-state index is -4.00. The zero-order chi connectivity index (χ0) is 44.8. The first-order valence-corrected chi connectivity index (χ1v) is 24.2. The normalized spacial score (nSPS) is 29.2. The highest BCUT2D eigenvalue weighted by Crippen LogP contribution is 2.49. The molecule has 1 aromatic carbocycles. The lowest BCUT2D eigenvalue weighted by molar-refractivity contribution is -0.141. The monoisotopic (exact) mass is 892 g/mol. The molecule has 0 bridgehead atoms. The molecule has 4 fully saturated rings. The second kappa shape index (κ2) is 17.5. The number of benzene rings is 1. The highest BCUT2D eigenvalue weighted by Gasteiger charge is 2.64. The molecule has 344 valence electrons. The second-order valence-corrected chi connectivity index (χ2v) is 22.2. The number of fused-ring (bicyclic) bond motifs is 5. The largest absolute Gasteiger partial charge is 0.492 e. The fraction of sp³-hybridized carbons (Fsp3) is 0.674. The van der Waals surface area contributed by atoms with Crippen LogP contribution in [0.15, 0.2) is 30.4 Å². The van der Waals surface area contributed by atoms with Crippen molar-refractivity contribution in [3.05, 3.63) is 41.6 Å². The van der Waals surface area contributed by atoms with E-state index in [4.69, 9.17) is 23.9 Å². The van der Waals surface area contributed by atoms with Crippen molar-refractivity contribution in [2.75, 3.05) is 52.6 Å². The number of hydrogen-bond donors (Lipinski definition) is 3. The predicted octanol–water partition coefficient (Wildman–Crippen LogP) is 4.45. The molecule has 5 atom stereocenters. The van der Waals surface area contributed by atoms with Gasteiger partial charge in [0.2, 0.25) is 21.8 Å². The Morgan fingerprint density at radius 1 is 1.06 bits per heavy atom. The van der Waals surface area contributed by atoms with Gasteiger partial charge in [0.25, 0.3) is 5.91 Å². The Labute approximate surface area is 370 Å². The Morgan fingerprint density at radius 3 is 2.59 bits per heavy atom. The summed E-state index contributed by atoms with van der Waals surface area (Å²) < 4.78 is 52.1. The summed E-state index contributed by atoms with van der Waals surface area (Å²) in [6.07, 6.45) is 8.59. The number of ether oxygens (including phenoxy) is 4. The number of nitrogens with zero attached hydrogens (tertiary/aromatic N) is 3. The lowest BCUT2D eigenvalue weighted by atomic mass is 9.87. The smallest absolute Gasteiger partial charge is 0.407 e. The van der Waals surface area contributed by atoms with E-state index in [1.165, 1.54) is 4.90 Å². The number of pyridine rings is 1. The fourth-order valence-electron chi connectivity index (χ4n) is 9.34. The average Bonchev–Trinajstić information content (AvgIpc) is 4.13. The summed E-state index contributed by atoms with van der Waals surface area (Å²) in [5.74, 6) is -0.944. The Morgan fingerprint density at radius 2 is 1.84 bits per heavy atom. The van der Waals surface area contributed by atoms with Crippen LogP contribution in [0.1, 0.15) is 103 Å². The molecule has 2 aromatic rings. The maximum absolute atomic E-state index is 14.9. The van der Waals surface area contributed by atoms with Gasteiger partial charge in [-0.1, -0.05) is 45.8 Å². The molecule has 63 heavy (non-hydrogen) atoms. The third-order valence-electron chi connectivity index (χ3n) is 13.7. The van der Waals surface area contributed by atoms with E-state index >= 15 is 0 Å². The van der Waals surface area contributed by atoms with Crippen LogP contribution < -0.4 is 24.8 Å². The van der Waals surface area contributed by atoms with Crippen molar-refractivity contribution in [1.82, 2.24) is 30.1 Å². The van der Waals surface area contributed by atoms with E-state index in [9.17, 15) is 27.6 Å². The van der Waals surface area contributed by atoms with Gasteiger partial charge in [-0.2, -0.15) is 0 Å². The number of aromatic nitrogens is 1. The molecule has 6 aliphatic rings. The number of carbonyl (C=O) groups is 4. The number of morpholine rings is 1. The summed E-state index contributed by atoms with van der Waals surface area (Å²) in [6, 6.07) is 3.78. The highest BCUT2D eigenvalue weighted by atomic mass is 32.2. The van der Waals surface area contributed by atoms with E-state index in [1.54, 1.807) is 6.92 Å². The van der Waals surface area contributed by atoms with Crippen molar-refractivity contribution in [2.45, 2.75) is 133 Å². The first kappa shape index (κ1) is 45.1. The van der Waals surface area contributed by atoms with Gasteiger partial charge in [-0.3, -0.25) is 24.0 Å². The lowest BCUT2D eigenvalue weighted by Crippen LogP contribution is -2.58. The molecule has 1 spiro atoms. The molecule has 1 aromatic heterocycles. The van der Waals surface area contributed by atoms with Gasteiger partial charge in [0.05, 0.1) is 42.3 Å². The van der Waals surface area contributed by atoms with Gasteiger partial charge in [0.15, 0.2) is 0 Å². The standard InChI is InChI=1S/C46H64N6O10S/c1-30-38-33(34-25-32(13-14-35(34)47-30)60-24-21-51-19-22-59-23-20-51)15-16-45(62-38)27-37-39(53)49-46(41(55)50-63(57,58)44(5)17-18-44)26-31(46)11-9-7-6-8-10-12-36(40(54)52(37)28-45)48-42(56)61-29-43(2,3)4/h9,11,13-14,25,31,36-37H,6-8,10,12,15-24,26-29H2,1-5H3,(H,48,56)(H,49,53)(H,50,55)/b11-9-/t31-,36+,37+,45-,46-/m1/s1. The average molecular weight is 893 g/mol. The number of amides is 4. The quantitative estimate of drug-likeness (QED) is 0.300. The molecular formula is C46H64N6O10S. The SMILES string of the molecule is Cc1nc2ccc(OCCN3CCOCC3)cc2c2c1O[C@]1(CC2)C[C@H]2C(=O)N[C@]3(C(=O)NS(=O)(=O)C4(C)CC4)C[C@H]3/C=C\CCCCC[C@H](NC(=O)OCC(C)(C)C)C(=O)N2C1. The van der Waals surface area contributed by atoms with Crippen LogP contribution in [0.2, 0.25) is 0 Å². The van der Waals surface area contributed by atoms with E-state index in [2.05, 4.69) is 20.3 Å². The van der Waals surface area contributed by atoms with Gasteiger partial charge in [-0.05, 0) is 88.8 Å². The minimum Gasteiger partial charge on any atom is -0.492 e.